The van der Waals surface area contributed by atoms with E-state index in [4.69, 9.17) is 5.11 Å². The van der Waals surface area contributed by atoms with Crippen LogP contribution in [-0.4, -0.2) is 34.6 Å². The zero-order valence-corrected chi connectivity index (χ0v) is 9.06. The van der Waals surface area contributed by atoms with Gasteiger partial charge < -0.3 is 9.84 Å². The van der Waals surface area contributed by atoms with Gasteiger partial charge >= 0.3 is 5.97 Å². The van der Waals surface area contributed by atoms with Gasteiger partial charge in [0.15, 0.2) is 0 Å². The third kappa shape index (κ3) is 3.36. The van der Waals surface area contributed by atoms with E-state index in [-0.39, 0.29) is 12.6 Å². The van der Waals surface area contributed by atoms with Crippen LogP contribution in [0.2, 0.25) is 0 Å². The highest BCUT2D eigenvalue weighted by atomic mass is 16.5. The molecule has 1 N–H and O–H groups in total. The van der Waals surface area contributed by atoms with Crippen molar-refractivity contribution in [3.8, 4) is 0 Å². The summed E-state index contributed by atoms with van der Waals surface area (Å²) >= 11 is 0. The minimum absolute atomic E-state index is 0.115. The number of carbonyl (C=O) groups is 1. The summed E-state index contributed by atoms with van der Waals surface area (Å²) in [6.45, 7) is 2.52. The second-order valence-electron chi connectivity index (χ2n) is 3.30. The number of aryl methyl sites for hydroxylation is 2. The quantitative estimate of drug-likeness (QED) is 0.712. The summed E-state index contributed by atoms with van der Waals surface area (Å²) in [5, 5.41) is 13.0. The molecular formula is C10H16N2O3. The van der Waals surface area contributed by atoms with E-state index in [1.165, 1.54) is 7.11 Å². The van der Waals surface area contributed by atoms with Crippen LogP contribution in [-0.2, 0) is 22.5 Å². The fourth-order valence-electron chi connectivity index (χ4n) is 1.35. The number of esters is 1. The van der Waals surface area contributed by atoms with Gasteiger partial charge in [-0.2, -0.15) is 5.10 Å². The largest absolute Gasteiger partial charge is 0.469 e. The van der Waals surface area contributed by atoms with Crippen LogP contribution < -0.4 is 0 Å². The average molecular weight is 212 g/mol. The molecule has 84 valence electrons. The number of carbonyl (C=O) groups excluding carboxylic acids is 1. The molecule has 15 heavy (non-hydrogen) atoms. The minimum Gasteiger partial charge on any atom is -0.469 e. The molecule has 0 aliphatic rings. The Morgan fingerprint density at radius 1 is 1.67 bits per heavy atom. The van der Waals surface area contributed by atoms with Crippen molar-refractivity contribution in [1.82, 2.24) is 9.78 Å². The number of hydrogen-bond acceptors (Lipinski definition) is 4. The molecule has 1 heterocycles. The summed E-state index contributed by atoms with van der Waals surface area (Å²) in [5.74, 6) is -0.244. The van der Waals surface area contributed by atoms with E-state index in [9.17, 15) is 4.79 Å². The molecule has 0 fully saturated rings. The van der Waals surface area contributed by atoms with E-state index in [1.807, 2.05) is 13.1 Å². The lowest BCUT2D eigenvalue weighted by Gasteiger charge is -1.99. The van der Waals surface area contributed by atoms with Gasteiger partial charge in [0.25, 0.3) is 0 Å². The smallest absolute Gasteiger partial charge is 0.307 e. The topological polar surface area (TPSA) is 64.3 Å². The van der Waals surface area contributed by atoms with Gasteiger partial charge in [-0.05, 0) is 18.9 Å². The Balaban J connectivity index is 2.55. The van der Waals surface area contributed by atoms with Crippen molar-refractivity contribution in [2.45, 2.75) is 26.3 Å². The Morgan fingerprint density at radius 3 is 3.00 bits per heavy atom. The first-order chi connectivity index (χ1) is 7.17. The fraction of sp³-hybridized carbons (Fsp3) is 0.600. The zero-order valence-electron chi connectivity index (χ0n) is 9.06. The molecular weight excluding hydrogens is 196 g/mol. The molecule has 5 nitrogen and oxygen atoms in total. The van der Waals surface area contributed by atoms with Gasteiger partial charge in [-0.3, -0.25) is 9.48 Å². The molecule has 0 aliphatic carbocycles. The van der Waals surface area contributed by atoms with E-state index in [0.717, 1.165) is 11.3 Å². The molecule has 0 saturated carbocycles. The Labute approximate surface area is 88.7 Å². The zero-order chi connectivity index (χ0) is 11.3. The van der Waals surface area contributed by atoms with E-state index in [2.05, 4.69) is 9.84 Å². The number of hydrogen-bond donors (Lipinski definition) is 1. The van der Waals surface area contributed by atoms with Gasteiger partial charge in [0.1, 0.15) is 0 Å². The van der Waals surface area contributed by atoms with Crippen LogP contribution >= 0.6 is 0 Å². The lowest BCUT2D eigenvalue weighted by molar-refractivity contribution is -0.140. The number of aromatic nitrogens is 2. The molecule has 0 unspecified atom stereocenters. The van der Waals surface area contributed by atoms with Gasteiger partial charge in [0, 0.05) is 12.8 Å². The first-order valence-corrected chi connectivity index (χ1v) is 4.88. The molecule has 0 spiro atoms. The van der Waals surface area contributed by atoms with Crippen LogP contribution in [0.5, 0.6) is 0 Å². The summed E-state index contributed by atoms with van der Waals surface area (Å²) in [6, 6.07) is 0. The molecule has 0 saturated heterocycles. The number of rotatable bonds is 5. The molecule has 0 aliphatic heterocycles. The predicted octanol–water partition coefficient (Wildman–Crippen LogP) is 0.289. The van der Waals surface area contributed by atoms with Crippen LogP contribution in [0.15, 0.2) is 6.20 Å². The maximum atomic E-state index is 10.9. The molecule has 0 aromatic carbocycles. The normalized spacial score (nSPS) is 10.3. The standard InChI is InChI=1S/C10H16N2O3/c1-8-9(4-6-13)7-12(11-8)5-3-10(14)15-2/h7,13H,3-6H2,1-2H3. The van der Waals surface area contributed by atoms with Crippen LogP contribution in [0.25, 0.3) is 0 Å². The summed E-state index contributed by atoms with van der Waals surface area (Å²) in [5.41, 5.74) is 1.91. The fourth-order valence-corrected chi connectivity index (χ4v) is 1.35. The van der Waals surface area contributed by atoms with Crippen molar-refractivity contribution in [2.24, 2.45) is 0 Å². The number of methoxy groups -OCH3 is 1. The predicted molar refractivity (Wildman–Crippen MR) is 54.4 cm³/mol. The Bertz CT molecular complexity index is 333. The lowest BCUT2D eigenvalue weighted by atomic mass is 10.2. The second kappa shape index (κ2) is 5.50. The number of aliphatic hydroxyl groups is 1. The van der Waals surface area contributed by atoms with E-state index in [1.54, 1.807) is 4.68 Å². The molecule has 0 radical (unpaired) electrons. The van der Waals surface area contributed by atoms with Crippen molar-refractivity contribution < 1.29 is 14.6 Å². The first kappa shape index (κ1) is 11.7. The summed E-state index contributed by atoms with van der Waals surface area (Å²) < 4.78 is 6.24. The van der Waals surface area contributed by atoms with Gasteiger partial charge in [-0.1, -0.05) is 0 Å². The van der Waals surface area contributed by atoms with Crippen molar-refractivity contribution in [2.75, 3.05) is 13.7 Å². The summed E-state index contributed by atoms with van der Waals surface area (Å²) in [7, 11) is 1.37. The van der Waals surface area contributed by atoms with Crippen molar-refractivity contribution >= 4 is 5.97 Å². The Morgan fingerprint density at radius 2 is 2.40 bits per heavy atom. The maximum absolute atomic E-state index is 10.9. The van der Waals surface area contributed by atoms with Crippen LogP contribution in [0.1, 0.15) is 17.7 Å². The Hall–Kier alpha value is -1.36. The van der Waals surface area contributed by atoms with E-state index in [0.29, 0.717) is 19.4 Å². The molecule has 1 rings (SSSR count). The van der Waals surface area contributed by atoms with E-state index < -0.39 is 0 Å². The molecule has 0 amide bonds. The summed E-state index contributed by atoms with van der Waals surface area (Å²) in [4.78, 5) is 10.9. The van der Waals surface area contributed by atoms with Crippen LogP contribution in [0.3, 0.4) is 0 Å². The van der Waals surface area contributed by atoms with Crippen molar-refractivity contribution in [3.63, 3.8) is 0 Å². The number of nitrogens with zero attached hydrogens (tertiary/aromatic N) is 2. The third-order valence-electron chi connectivity index (χ3n) is 2.20. The van der Waals surface area contributed by atoms with Crippen LogP contribution in [0, 0.1) is 6.92 Å². The minimum atomic E-state index is -0.244. The van der Waals surface area contributed by atoms with E-state index >= 15 is 0 Å². The summed E-state index contributed by atoms with van der Waals surface area (Å²) in [6.07, 6.45) is 2.77. The molecule has 5 heteroatoms. The lowest BCUT2D eigenvalue weighted by Crippen LogP contribution is -2.07. The van der Waals surface area contributed by atoms with Crippen molar-refractivity contribution in [1.29, 1.82) is 0 Å². The van der Waals surface area contributed by atoms with Crippen molar-refractivity contribution in [3.05, 3.63) is 17.5 Å². The maximum Gasteiger partial charge on any atom is 0.307 e. The molecule has 0 atom stereocenters. The van der Waals surface area contributed by atoms with Crippen LogP contribution in [0.4, 0.5) is 0 Å². The molecule has 1 aromatic heterocycles. The molecule has 0 bridgehead atoms. The highest BCUT2D eigenvalue weighted by Gasteiger charge is 2.06. The third-order valence-corrected chi connectivity index (χ3v) is 2.20. The second-order valence-corrected chi connectivity index (χ2v) is 3.30. The highest BCUT2D eigenvalue weighted by molar-refractivity contribution is 5.68. The van der Waals surface area contributed by atoms with Gasteiger partial charge in [0.2, 0.25) is 0 Å². The van der Waals surface area contributed by atoms with Gasteiger partial charge in [0.05, 0.1) is 25.8 Å². The monoisotopic (exact) mass is 212 g/mol. The highest BCUT2D eigenvalue weighted by Crippen LogP contribution is 2.06. The van der Waals surface area contributed by atoms with Gasteiger partial charge in [-0.25, -0.2) is 0 Å². The average Bonchev–Trinajstić information content (AvgIpc) is 2.57. The Kier molecular flexibility index (Phi) is 4.30. The van der Waals surface area contributed by atoms with Gasteiger partial charge in [-0.15, -0.1) is 0 Å². The number of ether oxygens (including phenoxy) is 1. The number of aliphatic hydroxyl groups excluding tert-OH is 1. The first-order valence-electron chi connectivity index (χ1n) is 4.88. The SMILES string of the molecule is COC(=O)CCn1cc(CCO)c(C)n1. The molecule has 1 aromatic rings.